The molecule has 0 nitrogen and oxygen atoms in total. The molecular formula is C13H10S. The lowest BCUT2D eigenvalue weighted by Crippen LogP contribution is -1.68. The van der Waals surface area contributed by atoms with E-state index in [9.17, 15) is 0 Å². The summed E-state index contributed by atoms with van der Waals surface area (Å²) >= 11 is 1.09. The van der Waals surface area contributed by atoms with E-state index in [1.54, 1.807) is 6.92 Å². The third kappa shape index (κ3) is 1.06. The van der Waals surface area contributed by atoms with E-state index in [0.29, 0.717) is 15.0 Å². The third-order valence-electron chi connectivity index (χ3n) is 2.01. The average molecular weight is 205 g/mol. The highest BCUT2D eigenvalue weighted by Crippen LogP contribution is 2.33. The predicted molar refractivity (Wildman–Crippen MR) is 64.1 cm³/mol. The summed E-state index contributed by atoms with van der Waals surface area (Å²) in [6, 6.07) is -1.09. The molecule has 0 bridgehead atoms. The van der Waals surface area contributed by atoms with Gasteiger partial charge in [-0.1, -0.05) is 30.2 Å². The van der Waals surface area contributed by atoms with Gasteiger partial charge in [0.15, 0.2) is 0 Å². The molecular weight excluding hydrogens is 188 g/mol. The molecule has 68 valence electrons. The van der Waals surface area contributed by atoms with Gasteiger partial charge in [0.05, 0.1) is 9.60 Å². The Hall–Kier alpha value is -1.34. The molecule has 0 spiro atoms. The van der Waals surface area contributed by atoms with Crippen LogP contribution in [0.15, 0.2) is 42.3 Å². The van der Waals surface area contributed by atoms with Crippen LogP contribution in [0.3, 0.4) is 0 Å². The summed E-state index contributed by atoms with van der Waals surface area (Å²) in [5.41, 5.74) is 0.384. The molecule has 1 aromatic heterocycles. The molecule has 3 rings (SSSR count). The van der Waals surface area contributed by atoms with Crippen LogP contribution in [-0.2, 0) is 0 Å². The third-order valence-corrected chi connectivity index (χ3v) is 3.03. The van der Waals surface area contributed by atoms with Crippen molar-refractivity contribution in [2.24, 2.45) is 0 Å². The van der Waals surface area contributed by atoms with E-state index in [1.165, 1.54) is 0 Å². The lowest BCUT2D eigenvalue weighted by Gasteiger charge is -1.92. The monoisotopic (exact) mass is 205 g/mol. The Balaban J connectivity index is 2.73. The molecule has 0 fully saturated rings. The highest BCUT2D eigenvalue weighted by Gasteiger charge is 2.02. The van der Waals surface area contributed by atoms with Gasteiger partial charge in [-0.05, 0) is 24.6 Å². The van der Waals surface area contributed by atoms with E-state index in [-0.39, 0.29) is 53.1 Å². The molecule has 0 aliphatic carbocycles. The summed E-state index contributed by atoms with van der Waals surface area (Å²) in [6.07, 6.45) is 0. The van der Waals surface area contributed by atoms with E-state index in [0.717, 1.165) is 11.3 Å². The summed E-state index contributed by atoms with van der Waals surface area (Å²) in [5, 5.41) is 0.524. The van der Waals surface area contributed by atoms with Gasteiger partial charge in [0.2, 0.25) is 0 Å². The zero-order chi connectivity index (χ0) is 15.6. The van der Waals surface area contributed by atoms with Crippen LogP contribution in [0.25, 0.3) is 20.2 Å². The maximum atomic E-state index is 8.10. The van der Waals surface area contributed by atoms with Gasteiger partial charge in [-0.2, -0.15) is 0 Å². The Morgan fingerprint density at radius 1 is 1.00 bits per heavy atom. The molecule has 0 N–H and O–H groups in total. The van der Waals surface area contributed by atoms with E-state index in [2.05, 4.69) is 0 Å². The Kier molecular flexibility index (Phi) is 0.740. The van der Waals surface area contributed by atoms with Crippen LogP contribution in [0.5, 0.6) is 0 Å². The summed E-state index contributed by atoms with van der Waals surface area (Å²) in [6.45, 7) is 1.60. The second-order valence-corrected chi connectivity index (χ2v) is 4.03. The quantitative estimate of drug-likeness (QED) is 0.511. The van der Waals surface area contributed by atoms with E-state index in [1.807, 2.05) is 0 Å². The number of benzene rings is 2. The topological polar surface area (TPSA) is 0 Å². The minimum absolute atomic E-state index is 0.0698. The molecule has 0 saturated carbocycles. The maximum absolute atomic E-state index is 8.10. The average Bonchev–Trinajstić information content (AvgIpc) is 2.87. The molecule has 0 atom stereocenters. The van der Waals surface area contributed by atoms with Crippen LogP contribution in [0.4, 0.5) is 0 Å². The van der Waals surface area contributed by atoms with Crippen LogP contribution < -0.4 is 0 Å². The van der Waals surface area contributed by atoms with Gasteiger partial charge in [-0.25, -0.2) is 0 Å². The molecule has 0 unspecified atom stereocenters. The van der Waals surface area contributed by atoms with Crippen molar-refractivity contribution >= 4 is 31.5 Å². The highest BCUT2D eigenvalue weighted by molar-refractivity contribution is 7.25. The summed E-state index contributed by atoms with van der Waals surface area (Å²) < 4.78 is 56.3. The lowest BCUT2D eigenvalue weighted by molar-refractivity contribution is 1.52. The van der Waals surface area contributed by atoms with Crippen molar-refractivity contribution in [3.05, 3.63) is 47.9 Å². The van der Waals surface area contributed by atoms with Crippen LogP contribution in [0.1, 0.15) is 15.2 Å². The van der Waals surface area contributed by atoms with Crippen LogP contribution in [0.2, 0.25) is 0 Å². The largest absolute Gasteiger partial charge is 0.135 e. The molecule has 0 amide bonds. The molecule has 3 aromatic rings. The van der Waals surface area contributed by atoms with Gasteiger partial charge in [0, 0.05) is 20.2 Å². The zero-order valence-corrected chi connectivity index (χ0v) is 8.22. The van der Waals surface area contributed by atoms with E-state index >= 15 is 0 Å². The predicted octanol–water partition coefficient (Wildman–Crippen LogP) is 4.36. The molecule has 0 saturated heterocycles. The molecule has 0 radical (unpaired) electrons. The maximum Gasteiger partial charge on any atom is 0.0641 e. The first-order chi connectivity index (χ1) is 9.77. The standard InChI is InChI=1S/C13H10S/c1-9-6-7-11-10-4-2-3-5-12(10)14-13(11)8-9/h2-8H,1H3/i2D,3D,4D,5D,6D,7D,8D. The zero-order valence-electron chi connectivity index (χ0n) is 14.4. The second-order valence-electron chi connectivity index (χ2n) is 3.01. The van der Waals surface area contributed by atoms with Crippen LogP contribution in [-0.4, -0.2) is 0 Å². The van der Waals surface area contributed by atoms with Crippen molar-refractivity contribution in [1.82, 2.24) is 0 Å². The first-order valence-electron chi connectivity index (χ1n) is 7.66. The number of hydrogen-bond donors (Lipinski definition) is 0. The van der Waals surface area contributed by atoms with Crippen LogP contribution in [0, 0.1) is 6.92 Å². The molecule has 1 heteroatoms. The molecule has 0 aliphatic heterocycles. The number of rotatable bonds is 0. The number of fused-ring (bicyclic) bond motifs is 3. The van der Waals surface area contributed by atoms with Crippen molar-refractivity contribution in [3.63, 3.8) is 0 Å². The lowest BCUT2D eigenvalue weighted by atomic mass is 10.1. The fourth-order valence-electron chi connectivity index (χ4n) is 1.39. The van der Waals surface area contributed by atoms with Gasteiger partial charge >= 0.3 is 0 Å². The van der Waals surface area contributed by atoms with Gasteiger partial charge in [-0.15, -0.1) is 11.3 Å². The van der Waals surface area contributed by atoms with Crippen LogP contribution >= 0.6 is 11.3 Å². The second kappa shape index (κ2) is 2.82. The Morgan fingerprint density at radius 2 is 1.79 bits per heavy atom. The fraction of sp³-hybridized carbons (Fsp3) is 0.0769. The molecule has 1 heterocycles. The van der Waals surface area contributed by atoms with Crippen molar-refractivity contribution in [2.75, 3.05) is 0 Å². The van der Waals surface area contributed by atoms with Gasteiger partial charge < -0.3 is 0 Å². The molecule has 2 aromatic carbocycles. The first-order valence-corrected chi connectivity index (χ1v) is 4.97. The van der Waals surface area contributed by atoms with E-state index < -0.39 is 0 Å². The molecule has 0 aliphatic rings. The van der Waals surface area contributed by atoms with Crippen molar-refractivity contribution in [2.45, 2.75) is 6.92 Å². The van der Waals surface area contributed by atoms with E-state index in [4.69, 9.17) is 9.60 Å². The Bertz CT molecular complexity index is 852. The smallest absolute Gasteiger partial charge is 0.0641 e. The van der Waals surface area contributed by atoms with Gasteiger partial charge in [-0.3, -0.25) is 0 Å². The summed E-state index contributed by atoms with van der Waals surface area (Å²) in [5.74, 6) is 0. The Labute approximate surface area is 96.6 Å². The van der Waals surface area contributed by atoms with Gasteiger partial charge in [0.25, 0.3) is 0 Å². The fourth-order valence-corrected chi connectivity index (χ4v) is 2.41. The molecule has 14 heavy (non-hydrogen) atoms. The summed E-state index contributed by atoms with van der Waals surface area (Å²) in [7, 11) is 0. The van der Waals surface area contributed by atoms with Crippen molar-refractivity contribution in [1.29, 1.82) is 0 Å². The van der Waals surface area contributed by atoms with Gasteiger partial charge in [0.1, 0.15) is 0 Å². The minimum Gasteiger partial charge on any atom is -0.135 e. The Morgan fingerprint density at radius 3 is 2.71 bits per heavy atom. The SMILES string of the molecule is [2H]c1c([2H])c([2H])c2c(sc3c([2H])c(C)c([2H])c([2H])c32)c1[2H]. The number of hydrogen-bond acceptors (Lipinski definition) is 1. The van der Waals surface area contributed by atoms with Crippen molar-refractivity contribution in [3.8, 4) is 0 Å². The summed E-state index contributed by atoms with van der Waals surface area (Å²) in [4.78, 5) is 0. The highest BCUT2D eigenvalue weighted by atomic mass is 32.1. The minimum atomic E-state index is -0.356. The first kappa shape index (κ1) is 3.67. The normalized spacial score (nSPS) is 18.2. The number of thiophene rings is 1. The van der Waals surface area contributed by atoms with Crippen molar-refractivity contribution < 1.29 is 9.60 Å².